The molecular formula is C8H9NO4S. The van der Waals surface area contributed by atoms with Crippen molar-refractivity contribution in [2.45, 2.75) is 19.4 Å². The van der Waals surface area contributed by atoms with E-state index in [1.165, 1.54) is 19.1 Å². The van der Waals surface area contributed by atoms with Crippen molar-refractivity contribution in [3.8, 4) is 0 Å². The van der Waals surface area contributed by atoms with Gasteiger partial charge in [-0.1, -0.05) is 11.3 Å². The highest BCUT2D eigenvalue weighted by molar-refractivity contribution is 7.15. The molecule has 1 aromatic rings. The van der Waals surface area contributed by atoms with E-state index < -0.39 is 11.0 Å². The van der Waals surface area contributed by atoms with Gasteiger partial charge in [-0.15, -0.1) is 0 Å². The standard InChI is InChI=1S/C8H9NO4S/c1-5(10)4-6(11)7-2-3-8(14-7)9(12)13/h2-3,6,11H,4H2,1H3/t6-/m1/s1. The summed E-state index contributed by atoms with van der Waals surface area (Å²) in [6.07, 6.45) is -0.927. The number of Topliss-reactive ketones (excluding diaryl/α,β-unsaturated/α-hetero) is 1. The van der Waals surface area contributed by atoms with E-state index in [1.54, 1.807) is 0 Å². The Morgan fingerprint density at radius 3 is 2.79 bits per heavy atom. The van der Waals surface area contributed by atoms with Gasteiger partial charge in [0, 0.05) is 17.4 Å². The summed E-state index contributed by atoms with van der Waals surface area (Å²) in [6, 6.07) is 2.79. The molecule has 76 valence electrons. The van der Waals surface area contributed by atoms with Crippen LogP contribution in [0.15, 0.2) is 12.1 Å². The molecule has 0 saturated carbocycles. The van der Waals surface area contributed by atoms with Crippen LogP contribution in [0, 0.1) is 10.1 Å². The first kappa shape index (κ1) is 10.8. The Kier molecular flexibility index (Phi) is 3.32. The number of aliphatic hydroxyl groups excluding tert-OH is 1. The topological polar surface area (TPSA) is 80.4 Å². The van der Waals surface area contributed by atoms with E-state index in [9.17, 15) is 20.0 Å². The predicted molar refractivity (Wildman–Crippen MR) is 51.2 cm³/mol. The lowest BCUT2D eigenvalue weighted by molar-refractivity contribution is -0.380. The number of hydrogen-bond donors (Lipinski definition) is 1. The number of carbonyl (C=O) groups excluding carboxylic acids is 1. The maximum atomic E-state index is 10.7. The summed E-state index contributed by atoms with van der Waals surface area (Å²) < 4.78 is 0. The fourth-order valence-corrected chi connectivity index (χ4v) is 1.80. The van der Waals surface area contributed by atoms with Crippen LogP contribution in [-0.4, -0.2) is 15.8 Å². The fourth-order valence-electron chi connectivity index (χ4n) is 0.992. The molecule has 0 bridgehead atoms. The Morgan fingerprint density at radius 1 is 1.71 bits per heavy atom. The van der Waals surface area contributed by atoms with Crippen molar-refractivity contribution in [2.24, 2.45) is 0 Å². The van der Waals surface area contributed by atoms with Crippen molar-refractivity contribution in [2.75, 3.05) is 0 Å². The van der Waals surface area contributed by atoms with E-state index in [4.69, 9.17) is 0 Å². The molecule has 0 aliphatic heterocycles. The Morgan fingerprint density at radius 2 is 2.36 bits per heavy atom. The number of hydrogen-bond acceptors (Lipinski definition) is 5. The molecule has 1 aromatic heterocycles. The van der Waals surface area contributed by atoms with Gasteiger partial charge in [0.2, 0.25) is 0 Å². The summed E-state index contributed by atoms with van der Waals surface area (Å²) in [4.78, 5) is 20.9. The maximum Gasteiger partial charge on any atom is 0.324 e. The molecule has 14 heavy (non-hydrogen) atoms. The SMILES string of the molecule is CC(=O)C[C@@H](O)c1ccc([N+](=O)[O-])s1. The zero-order valence-electron chi connectivity index (χ0n) is 7.47. The molecule has 0 unspecified atom stereocenters. The summed E-state index contributed by atoms with van der Waals surface area (Å²) in [5.74, 6) is -0.145. The molecule has 0 amide bonds. The molecular weight excluding hydrogens is 206 g/mol. The highest BCUT2D eigenvalue weighted by Gasteiger charge is 2.16. The zero-order valence-corrected chi connectivity index (χ0v) is 8.28. The minimum Gasteiger partial charge on any atom is -0.387 e. The Labute approximate surface area is 84.1 Å². The van der Waals surface area contributed by atoms with Crippen LogP contribution in [0.2, 0.25) is 0 Å². The summed E-state index contributed by atoms with van der Waals surface area (Å²) in [5.41, 5.74) is 0. The predicted octanol–water partition coefficient (Wildman–Crippen LogP) is 1.67. The second-order valence-corrected chi connectivity index (χ2v) is 3.95. The van der Waals surface area contributed by atoms with Gasteiger partial charge < -0.3 is 5.11 Å². The summed E-state index contributed by atoms with van der Waals surface area (Å²) in [7, 11) is 0. The fraction of sp³-hybridized carbons (Fsp3) is 0.375. The first-order valence-corrected chi connectivity index (χ1v) is 4.74. The summed E-state index contributed by atoms with van der Waals surface area (Å²) >= 11 is 0.890. The number of rotatable bonds is 4. The van der Waals surface area contributed by atoms with Crippen molar-refractivity contribution in [1.82, 2.24) is 0 Å². The normalized spacial score (nSPS) is 12.4. The number of nitro groups is 1. The molecule has 1 rings (SSSR count). The molecule has 1 N–H and O–H groups in total. The molecule has 5 nitrogen and oxygen atoms in total. The van der Waals surface area contributed by atoms with Gasteiger partial charge in [-0.25, -0.2) is 0 Å². The second kappa shape index (κ2) is 4.30. The number of ketones is 1. The van der Waals surface area contributed by atoms with Gasteiger partial charge in [0.25, 0.3) is 0 Å². The van der Waals surface area contributed by atoms with E-state index in [0.29, 0.717) is 4.88 Å². The van der Waals surface area contributed by atoms with E-state index in [1.807, 2.05) is 0 Å². The molecule has 0 aliphatic rings. The van der Waals surface area contributed by atoms with Gasteiger partial charge in [-0.3, -0.25) is 14.9 Å². The Balaban J connectivity index is 2.76. The lowest BCUT2D eigenvalue weighted by atomic mass is 10.2. The van der Waals surface area contributed by atoms with Crippen molar-refractivity contribution < 1.29 is 14.8 Å². The van der Waals surface area contributed by atoms with E-state index in [2.05, 4.69) is 0 Å². The van der Waals surface area contributed by atoms with Crippen molar-refractivity contribution in [1.29, 1.82) is 0 Å². The highest BCUT2D eigenvalue weighted by atomic mass is 32.1. The third-order valence-corrected chi connectivity index (χ3v) is 2.74. The van der Waals surface area contributed by atoms with Gasteiger partial charge in [0.15, 0.2) is 0 Å². The van der Waals surface area contributed by atoms with E-state index in [-0.39, 0.29) is 17.2 Å². The number of nitrogens with zero attached hydrogens (tertiary/aromatic N) is 1. The number of thiophene rings is 1. The molecule has 0 radical (unpaired) electrons. The average Bonchev–Trinajstić information content (AvgIpc) is 2.50. The minimum absolute atomic E-state index is 0.00231. The van der Waals surface area contributed by atoms with Gasteiger partial charge >= 0.3 is 5.00 Å². The lowest BCUT2D eigenvalue weighted by Crippen LogP contribution is -2.00. The molecule has 1 atom stereocenters. The van der Waals surface area contributed by atoms with Crippen LogP contribution in [0.4, 0.5) is 5.00 Å². The van der Waals surface area contributed by atoms with Gasteiger partial charge in [0.1, 0.15) is 5.78 Å². The first-order valence-electron chi connectivity index (χ1n) is 3.92. The van der Waals surface area contributed by atoms with E-state index >= 15 is 0 Å². The van der Waals surface area contributed by atoms with Crippen molar-refractivity contribution in [3.05, 3.63) is 27.1 Å². The maximum absolute atomic E-state index is 10.7. The van der Waals surface area contributed by atoms with Crippen LogP contribution in [0.3, 0.4) is 0 Å². The molecule has 0 fully saturated rings. The smallest absolute Gasteiger partial charge is 0.324 e. The molecule has 0 spiro atoms. The van der Waals surface area contributed by atoms with Crippen LogP contribution in [0.5, 0.6) is 0 Å². The average molecular weight is 215 g/mol. The zero-order chi connectivity index (χ0) is 10.7. The van der Waals surface area contributed by atoms with Crippen LogP contribution in [-0.2, 0) is 4.79 Å². The molecule has 0 saturated heterocycles. The largest absolute Gasteiger partial charge is 0.387 e. The Bertz CT molecular complexity index is 360. The highest BCUT2D eigenvalue weighted by Crippen LogP contribution is 2.30. The molecule has 0 aliphatic carbocycles. The molecule has 6 heteroatoms. The third-order valence-electron chi connectivity index (χ3n) is 1.60. The van der Waals surface area contributed by atoms with Crippen molar-refractivity contribution in [3.63, 3.8) is 0 Å². The van der Waals surface area contributed by atoms with Gasteiger partial charge in [-0.2, -0.15) is 0 Å². The lowest BCUT2D eigenvalue weighted by Gasteiger charge is -2.03. The molecule has 0 aromatic carbocycles. The van der Waals surface area contributed by atoms with E-state index in [0.717, 1.165) is 11.3 Å². The van der Waals surface area contributed by atoms with Crippen LogP contribution >= 0.6 is 11.3 Å². The van der Waals surface area contributed by atoms with Gasteiger partial charge in [-0.05, 0) is 13.0 Å². The van der Waals surface area contributed by atoms with Crippen LogP contribution in [0.1, 0.15) is 24.3 Å². The number of carbonyl (C=O) groups is 1. The Hall–Kier alpha value is -1.27. The third kappa shape index (κ3) is 2.61. The summed E-state index contributed by atoms with van der Waals surface area (Å²) in [6.45, 7) is 1.37. The summed E-state index contributed by atoms with van der Waals surface area (Å²) in [5, 5.41) is 19.8. The number of aliphatic hydroxyl groups is 1. The first-order chi connectivity index (χ1) is 6.50. The van der Waals surface area contributed by atoms with Gasteiger partial charge in [0.05, 0.1) is 11.0 Å². The quantitative estimate of drug-likeness (QED) is 0.611. The van der Waals surface area contributed by atoms with Crippen LogP contribution < -0.4 is 0 Å². The second-order valence-electron chi connectivity index (χ2n) is 2.86. The minimum atomic E-state index is -0.925. The molecule has 1 heterocycles. The van der Waals surface area contributed by atoms with Crippen molar-refractivity contribution >= 4 is 22.1 Å². The monoisotopic (exact) mass is 215 g/mol. The van der Waals surface area contributed by atoms with Crippen LogP contribution in [0.25, 0.3) is 0 Å².